The number of aromatic nitrogens is 2. The summed E-state index contributed by atoms with van der Waals surface area (Å²) in [6.45, 7) is 0. The van der Waals surface area contributed by atoms with Gasteiger partial charge in [0.2, 0.25) is 0 Å². The van der Waals surface area contributed by atoms with Gasteiger partial charge in [-0.2, -0.15) is 5.10 Å². The maximum absolute atomic E-state index is 12.5. The minimum absolute atomic E-state index is 0.164. The van der Waals surface area contributed by atoms with Crippen LogP contribution >= 0.6 is 0 Å². The predicted molar refractivity (Wildman–Crippen MR) is 96.5 cm³/mol. The van der Waals surface area contributed by atoms with Gasteiger partial charge in [0.1, 0.15) is 11.5 Å². The number of benzene rings is 2. The first-order valence-corrected chi connectivity index (χ1v) is 7.76. The molecule has 0 unspecified atom stereocenters. The third-order valence-electron chi connectivity index (χ3n) is 3.72. The van der Waals surface area contributed by atoms with Crippen LogP contribution in [0.25, 0.3) is 11.8 Å². The van der Waals surface area contributed by atoms with Crippen LogP contribution in [-0.2, 0) is 0 Å². The molecule has 0 aliphatic heterocycles. The molecular weight excluding hydrogens is 316 g/mol. The molecule has 3 rings (SSSR count). The van der Waals surface area contributed by atoms with Crippen molar-refractivity contribution in [3.8, 4) is 17.2 Å². The summed E-state index contributed by atoms with van der Waals surface area (Å²) in [4.78, 5) is 12.5. The van der Waals surface area contributed by atoms with Crippen molar-refractivity contribution in [1.82, 2.24) is 9.78 Å². The first-order valence-electron chi connectivity index (χ1n) is 7.76. The fraction of sp³-hybridized carbons (Fsp3) is 0.100. The fourth-order valence-corrected chi connectivity index (χ4v) is 2.41. The summed E-state index contributed by atoms with van der Waals surface area (Å²) in [5.41, 5.74) is 2.25. The molecule has 1 heterocycles. The molecule has 0 N–H and O–H groups in total. The maximum atomic E-state index is 12.5. The van der Waals surface area contributed by atoms with Crippen molar-refractivity contribution in [1.29, 1.82) is 0 Å². The first-order chi connectivity index (χ1) is 12.2. The summed E-state index contributed by atoms with van der Waals surface area (Å²) in [7, 11) is 3.09. The monoisotopic (exact) mass is 334 g/mol. The van der Waals surface area contributed by atoms with Gasteiger partial charge in [0.15, 0.2) is 5.78 Å². The molecule has 5 heteroatoms. The lowest BCUT2D eigenvalue weighted by atomic mass is 10.1. The SMILES string of the molecule is COc1ccc(OC)c(C(=O)/C=C/c2cnn(-c3ccccc3)c2)c1. The number of hydrogen-bond acceptors (Lipinski definition) is 4. The molecule has 1 aromatic heterocycles. The molecule has 0 aliphatic carbocycles. The molecule has 2 aromatic carbocycles. The number of ketones is 1. The lowest BCUT2D eigenvalue weighted by molar-refractivity contribution is 0.104. The molecule has 0 saturated heterocycles. The van der Waals surface area contributed by atoms with E-state index in [4.69, 9.17) is 9.47 Å². The van der Waals surface area contributed by atoms with Gasteiger partial charge in [-0.3, -0.25) is 4.79 Å². The van der Waals surface area contributed by atoms with Gasteiger partial charge in [0, 0.05) is 11.8 Å². The molecule has 0 bridgehead atoms. The number of ether oxygens (including phenoxy) is 2. The molecular formula is C20H18N2O3. The molecule has 0 radical (unpaired) electrons. The summed E-state index contributed by atoms with van der Waals surface area (Å²) in [6.07, 6.45) is 6.80. The Labute approximate surface area is 146 Å². The second-order valence-electron chi connectivity index (χ2n) is 5.32. The number of rotatable bonds is 6. The van der Waals surface area contributed by atoms with Crippen molar-refractivity contribution in [2.45, 2.75) is 0 Å². The summed E-state index contributed by atoms with van der Waals surface area (Å²) >= 11 is 0. The molecule has 0 atom stereocenters. The third-order valence-corrected chi connectivity index (χ3v) is 3.72. The molecule has 5 nitrogen and oxygen atoms in total. The smallest absolute Gasteiger partial charge is 0.189 e. The van der Waals surface area contributed by atoms with Crippen LogP contribution < -0.4 is 9.47 Å². The number of carbonyl (C=O) groups excluding carboxylic acids is 1. The zero-order chi connectivity index (χ0) is 17.6. The van der Waals surface area contributed by atoms with Crippen LogP contribution in [0.15, 0.2) is 67.0 Å². The molecule has 3 aromatic rings. The lowest BCUT2D eigenvalue weighted by Gasteiger charge is -2.07. The molecule has 25 heavy (non-hydrogen) atoms. The Hall–Kier alpha value is -3.34. The van der Waals surface area contributed by atoms with E-state index in [0.29, 0.717) is 17.1 Å². The zero-order valence-corrected chi connectivity index (χ0v) is 14.0. The van der Waals surface area contributed by atoms with Crippen LogP contribution in [-0.4, -0.2) is 29.8 Å². The Morgan fingerprint density at radius 1 is 1.08 bits per heavy atom. The largest absolute Gasteiger partial charge is 0.497 e. The molecule has 0 fully saturated rings. The van der Waals surface area contributed by atoms with Crippen LogP contribution in [0.4, 0.5) is 0 Å². The van der Waals surface area contributed by atoms with Gasteiger partial charge in [-0.15, -0.1) is 0 Å². The van der Waals surface area contributed by atoms with E-state index in [0.717, 1.165) is 11.3 Å². The average molecular weight is 334 g/mol. The summed E-state index contributed by atoms with van der Waals surface area (Å²) in [6, 6.07) is 14.9. The van der Waals surface area contributed by atoms with Crippen molar-refractivity contribution >= 4 is 11.9 Å². The van der Waals surface area contributed by atoms with E-state index in [9.17, 15) is 4.79 Å². The van der Waals surface area contributed by atoms with Gasteiger partial charge >= 0.3 is 0 Å². The predicted octanol–water partition coefficient (Wildman–Crippen LogP) is 3.79. The average Bonchev–Trinajstić information content (AvgIpc) is 3.15. The van der Waals surface area contributed by atoms with Crippen LogP contribution in [0.2, 0.25) is 0 Å². The third kappa shape index (κ3) is 3.77. The molecule has 126 valence electrons. The van der Waals surface area contributed by atoms with E-state index in [1.165, 1.54) is 13.2 Å². The maximum Gasteiger partial charge on any atom is 0.189 e. The number of hydrogen-bond donors (Lipinski definition) is 0. The summed E-state index contributed by atoms with van der Waals surface area (Å²) < 4.78 is 12.2. The molecule has 0 aliphatic rings. The highest BCUT2D eigenvalue weighted by atomic mass is 16.5. The summed E-state index contributed by atoms with van der Waals surface area (Å²) in [5, 5.41) is 4.31. The summed E-state index contributed by atoms with van der Waals surface area (Å²) in [5.74, 6) is 0.952. The van der Waals surface area contributed by atoms with Gasteiger partial charge in [0.25, 0.3) is 0 Å². The minimum Gasteiger partial charge on any atom is -0.497 e. The van der Waals surface area contributed by atoms with Crippen LogP contribution in [0.1, 0.15) is 15.9 Å². The Morgan fingerprint density at radius 2 is 1.88 bits per heavy atom. The highest BCUT2D eigenvalue weighted by Gasteiger charge is 2.11. The number of carbonyl (C=O) groups is 1. The van der Waals surface area contributed by atoms with Crippen molar-refractivity contribution in [2.75, 3.05) is 14.2 Å². The van der Waals surface area contributed by atoms with Crippen molar-refractivity contribution in [3.63, 3.8) is 0 Å². The molecule has 0 amide bonds. The Bertz CT molecular complexity index is 898. The van der Waals surface area contributed by atoms with Gasteiger partial charge in [-0.05, 0) is 42.5 Å². The minimum atomic E-state index is -0.164. The number of allylic oxidation sites excluding steroid dienone is 1. The quantitative estimate of drug-likeness (QED) is 0.508. The first kappa shape index (κ1) is 16.5. The van der Waals surface area contributed by atoms with E-state index in [2.05, 4.69) is 5.10 Å². The van der Waals surface area contributed by atoms with Gasteiger partial charge in [0.05, 0.1) is 31.7 Å². The Balaban J connectivity index is 1.81. The van der Waals surface area contributed by atoms with Crippen molar-refractivity contribution < 1.29 is 14.3 Å². The van der Waals surface area contributed by atoms with E-state index >= 15 is 0 Å². The van der Waals surface area contributed by atoms with Crippen LogP contribution in [0, 0.1) is 0 Å². The zero-order valence-electron chi connectivity index (χ0n) is 14.0. The number of nitrogens with zero attached hydrogens (tertiary/aromatic N) is 2. The van der Waals surface area contributed by atoms with Gasteiger partial charge in [-0.1, -0.05) is 18.2 Å². The number of para-hydroxylation sites is 1. The standard InChI is InChI=1S/C20H18N2O3/c1-24-17-9-11-20(25-2)18(12-17)19(23)10-8-15-13-21-22(14-15)16-6-4-3-5-7-16/h3-14H,1-2H3/b10-8+. The lowest BCUT2D eigenvalue weighted by Crippen LogP contribution is -1.99. The second kappa shape index (κ2) is 7.49. The van der Waals surface area contributed by atoms with Gasteiger partial charge < -0.3 is 9.47 Å². The Kier molecular flexibility index (Phi) is 4.95. The molecule has 0 saturated carbocycles. The topological polar surface area (TPSA) is 53.4 Å². The van der Waals surface area contributed by atoms with Crippen LogP contribution in [0.5, 0.6) is 11.5 Å². The highest BCUT2D eigenvalue weighted by Crippen LogP contribution is 2.25. The fourth-order valence-electron chi connectivity index (χ4n) is 2.41. The van der Waals surface area contributed by atoms with E-state index in [1.807, 2.05) is 36.5 Å². The Morgan fingerprint density at radius 3 is 2.60 bits per heavy atom. The van der Waals surface area contributed by atoms with E-state index in [-0.39, 0.29) is 5.78 Å². The normalized spacial score (nSPS) is 10.8. The number of methoxy groups -OCH3 is 2. The van der Waals surface area contributed by atoms with Gasteiger partial charge in [-0.25, -0.2) is 4.68 Å². The van der Waals surface area contributed by atoms with E-state index in [1.54, 1.807) is 42.3 Å². The van der Waals surface area contributed by atoms with Crippen molar-refractivity contribution in [3.05, 3.63) is 78.1 Å². The van der Waals surface area contributed by atoms with E-state index < -0.39 is 0 Å². The molecule has 0 spiro atoms. The van der Waals surface area contributed by atoms with Crippen molar-refractivity contribution in [2.24, 2.45) is 0 Å². The van der Waals surface area contributed by atoms with Crippen LogP contribution in [0.3, 0.4) is 0 Å². The second-order valence-corrected chi connectivity index (χ2v) is 5.32. The highest BCUT2D eigenvalue weighted by molar-refractivity contribution is 6.08.